The predicted molar refractivity (Wildman–Crippen MR) is 58.4 cm³/mol. The number of rotatable bonds is 4. The van der Waals surface area contributed by atoms with Gasteiger partial charge in [0.05, 0.1) is 5.56 Å². The van der Waals surface area contributed by atoms with Crippen molar-refractivity contribution in [1.82, 2.24) is 0 Å². The van der Waals surface area contributed by atoms with Crippen LogP contribution in [0, 0.1) is 0 Å². The first-order chi connectivity index (χ1) is 7.85. The predicted octanol–water partition coefficient (Wildman–Crippen LogP) is 2.36. The minimum Gasteiger partial charge on any atom is -0.489 e. The summed E-state index contributed by atoms with van der Waals surface area (Å²) in [7, 11) is 0. The Morgan fingerprint density at radius 2 is 2.12 bits per heavy atom. The van der Waals surface area contributed by atoms with E-state index in [-0.39, 0.29) is 6.79 Å². The summed E-state index contributed by atoms with van der Waals surface area (Å²) in [4.78, 5) is 10.8. The van der Waals surface area contributed by atoms with Crippen LogP contribution in [0.15, 0.2) is 23.7 Å². The molecule has 0 spiro atoms. The highest BCUT2D eigenvalue weighted by Crippen LogP contribution is 2.37. The number of aldehydes is 1. The molecule has 84 valence electrons. The maximum absolute atomic E-state index is 10.8. The second kappa shape index (κ2) is 4.90. The molecule has 1 aromatic carbocycles. The van der Waals surface area contributed by atoms with Crippen LogP contribution in [0.5, 0.6) is 17.2 Å². The maximum atomic E-state index is 10.8. The zero-order valence-corrected chi connectivity index (χ0v) is 9.07. The molecule has 0 saturated heterocycles. The third-order valence-electron chi connectivity index (χ3n) is 2.06. The smallest absolute Gasteiger partial charge is 0.231 e. The second-order valence-electron chi connectivity index (χ2n) is 3.03. The van der Waals surface area contributed by atoms with Crippen LogP contribution in [0.4, 0.5) is 0 Å². The van der Waals surface area contributed by atoms with Crippen LogP contribution in [0.3, 0.4) is 0 Å². The van der Waals surface area contributed by atoms with E-state index >= 15 is 0 Å². The van der Waals surface area contributed by atoms with Gasteiger partial charge in [-0.3, -0.25) is 4.79 Å². The SMILES string of the molecule is O=Cc1cc2c(cc1OCC=CCl)OCO2. The lowest BCUT2D eigenvalue weighted by molar-refractivity contribution is 0.111. The summed E-state index contributed by atoms with van der Waals surface area (Å²) in [5.41, 5.74) is 1.78. The fourth-order valence-corrected chi connectivity index (χ4v) is 1.40. The summed E-state index contributed by atoms with van der Waals surface area (Å²) in [5, 5.41) is 0. The maximum Gasteiger partial charge on any atom is 0.231 e. The van der Waals surface area contributed by atoms with E-state index in [4.69, 9.17) is 25.8 Å². The summed E-state index contributed by atoms with van der Waals surface area (Å²) >= 11 is 5.36. The molecule has 0 saturated carbocycles. The Morgan fingerprint density at radius 1 is 1.38 bits per heavy atom. The van der Waals surface area contributed by atoms with Gasteiger partial charge < -0.3 is 14.2 Å². The Labute approximate surface area is 97.4 Å². The van der Waals surface area contributed by atoms with E-state index in [0.717, 1.165) is 0 Å². The van der Waals surface area contributed by atoms with Gasteiger partial charge >= 0.3 is 0 Å². The molecule has 0 bridgehead atoms. The first-order valence-electron chi connectivity index (χ1n) is 4.62. The zero-order chi connectivity index (χ0) is 11.4. The van der Waals surface area contributed by atoms with Gasteiger partial charge in [-0.25, -0.2) is 0 Å². The Kier molecular flexibility index (Phi) is 3.31. The molecule has 0 unspecified atom stereocenters. The molecule has 1 aliphatic heterocycles. The van der Waals surface area contributed by atoms with Crippen LogP contribution in [0.25, 0.3) is 0 Å². The topological polar surface area (TPSA) is 44.8 Å². The summed E-state index contributed by atoms with van der Waals surface area (Å²) < 4.78 is 15.7. The molecule has 0 radical (unpaired) electrons. The monoisotopic (exact) mass is 240 g/mol. The molecular weight excluding hydrogens is 232 g/mol. The number of carbonyl (C=O) groups excluding carboxylic acids is 1. The van der Waals surface area contributed by atoms with E-state index in [9.17, 15) is 4.79 Å². The minimum absolute atomic E-state index is 0.165. The number of ether oxygens (including phenoxy) is 3. The van der Waals surface area contributed by atoms with Crippen molar-refractivity contribution in [2.24, 2.45) is 0 Å². The van der Waals surface area contributed by atoms with Crippen molar-refractivity contribution < 1.29 is 19.0 Å². The highest BCUT2D eigenvalue weighted by atomic mass is 35.5. The molecule has 1 heterocycles. The van der Waals surface area contributed by atoms with Crippen LogP contribution in [0.1, 0.15) is 10.4 Å². The molecule has 16 heavy (non-hydrogen) atoms. The Morgan fingerprint density at radius 3 is 2.81 bits per heavy atom. The van der Waals surface area contributed by atoms with Crippen LogP contribution in [0.2, 0.25) is 0 Å². The van der Waals surface area contributed by atoms with Crippen molar-refractivity contribution in [1.29, 1.82) is 0 Å². The number of fused-ring (bicyclic) bond motifs is 1. The molecular formula is C11H9ClO4. The van der Waals surface area contributed by atoms with E-state index in [1.807, 2.05) is 0 Å². The quantitative estimate of drug-likeness (QED) is 0.758. The standard InChI is InChI=1S/C11H9ClO4/c12-2-1-3-14-9-5-11-10(15-7-16-11)4-8(9)6-13/h1-2,4-6H,3,7H2. The van der Waals surface area contributed by atoms with E-state index in [1.165, 1.54) is 5.54 Å². The van der Waals surface area contributed by atoms with Gasteiger partial charge in [-0.05, 0) is 12.1 Å². The third kappa shape index (κ3) is 2.12. The largest absolute Gasteiger partial charge is 0.489 e. The number of halogens is 1. The molecule has 1 aromatic rings. The van der Waals surface area contributed by atoms with Crippen molar-refractivity contribution in [3.63, 3.8) is 0 Å². The lowest BCUT2D eigenvalue weighted by Gasteiger charge is -2.07. The van der Waals surface area contributed by atoms with Crippen LogP contribution in [-0.2, 0) is 0 Å². The highest BCUT2D eigenvalue weighted by molar-refractivity contribution is 6.25. The first-order valence-corrected chi connectivity index (χ1v) is 5.05. The van der Waals surface area contributed by atoms with E-state index in [0.29, 0.717) is 35.7 Å². The van der Waals surface area contributed by atoms with Crippen molar-refractivity contribution in [3.8, 4) is 17.2 Å². The fourth-order valence-electron chi connectivity index (χ4n) is 1.33. The van der Waals surface area contributed by atoms with Crippen LogP contribution < -0.4 is 14.2 Å². The molecule has 0 aromatic heterocycles. The number of hydrogen-bond acceptors (Lipinski definition) is 4. The van der Waals surface area contributed by atoms with Gasteiger partial charge in [-0.1, -0.05) is 11.6 Å². The average molecular weight is 241 g/mol. The van der Waals surface area contributed by atoms with Gasteiger partial charge in [-0.15, -0.1) is 0 Å². The van der Waals surface area contributed by atoms with Crippen molar-refractivity contribution in [2.45, 2.75) is 0 Å². The molecule has 4 nitrogen and oxygen atoms in total. The van der Waals surface area contributed by atoms with Crippen LogP contribution >= 0.6 is 11.6 Å². The van der Waals surface area contributed by atoms with Crippen molar-refractivity contribution >= 4 is 17.9 Å². The number of benzene rings is 1. The van der Waals surface area contributed by atoms with Crippen molar-refractivity contribution in [3.05, 3.63) is 29.3 Å². The third-order valence-corrected chi connectivity index (χ3v) is 2.23. The number of carbonyl (C=O) groups is 1. The molecule has 0 amide bonds. The molecule has 0 N–H and O–H groups in total. The average Bonchev–Trinajstić information content (AvgIpc) is 2.75. The van der Waals surface area contributed by atoms with Crippen molar-refractivity contribution in [2.75, 3.05) is 13.4 Å². The van der Waals surface area contributed by atoms with Gasteiger partial charge in [0.1, 0.15) is 12.4 Å². The Bertz CT molecular complexity index is 428. The van der Waals surface area contributed by atoms with E-state index < -0.39 is 0 Å². The van der Waals surface area contributed by atoms with Gasteiger partial charge in [0, 0.05) is 11.6 Å². The molecule has 0 aliphatic carbocycles. The second-order valence-corrected chi connectivity index (χ2v) is 3.29. The molecule has 0 fully saturated rings. The summed E-state index contributed by atoms with van der Waals surface area (Å²) in [6, 6.07) is 3.23. The minimum atomic E-state index is 0.165. The number of hydrogen-bond donors (Lipinski definition) is 0. The van der Waals surface area contributed by atoms with E-state index in [2.05, 4.69) is 0 Å². The summed E-state index contributed by atoms with van der Waals surface area (Å²) in [5.74, 6) is 1.59. The lowest BCUT2D eigenvalue weighted by Crippen LogP contribution is -1.97. The molecule has 2 rings (SSSR count). The van der Waals surface area contributed by atoms with E-state index in [1.54, 1.807) is 18.2 Å². The van der Waals surface area contributed by atoms with Gasteiger partial charge in [0.25, 0.3) is 0 Å². The Hall–Kier alpha value is -1.68. The van der Waals surface area contributed by atoms with Crippen LogP contribution in [-0.4, -0.2) is 19.7 Å². The molecule has 5 heteroatoms. The highest BCUT2D eigenvalue weighted by Gasteiger charge is 2.17. The van der Waals surface area contributed by atoms with Gasteiger partial charge in [0.2, 0.25) is 6.79 Å². The first kappa shape index (κ1) is 10.8. The summed E-state index contributed by atoms with van der Waals surface area (Å²) in [6.07, 6.45) is 2.34. The molecule has 0 atom stereocenters. The normalized spacial score (nSPS) is 13.1. The van der Waals surface area contributed by atoms with Gasteiger partial charge in [0.15, 0.2) is 17.8 Å². The molecule has 1 aliphatic rings. The Balaban J connectivity index is 2.25. The van der Waals surface area contributed by atoms with Gasteiger partial charge in [-0.2, -0.15) is 0 Å². The fraction of sp³-hybridized carbons (Fsp3) is 0.182. The lowest BCUT2D eigenvalue weighted by atomic mass is 10.2. The zero-order valence-electron chi connectivity index (χ0n) is 8.31. The summed E-state index contributed by atoms with van der Waals surface area (Å²) in [6.45, 7) is 0.461.